The Morgan fingerprint density at radius 1 is 1.38 bits per heavy atom. The molecule has 3 rings (SSSR count). The number of carboxylic acid groups (broad SMARTS) is 1. The number of aryl methyl sites for hydroxylation is 1. The first-order chi connectivity index (χ1) is 9.99. The van der Waals surface area contributed by atoms with Crippen molar-refractivity contribution in [2.45, 2.75) is 51.1 Å². The Bertz CT molecular complexity index is 582. The molecular formula is C15H18BrNO4. The largest absolute Gasteiger partial charge is 0.480 e. The highest BCUT2D eigenvalue weighted by Crippen LogP contribution is 2.41. The Balaban J connectivity index is 1.94. The number of hydrogen-bond acceptors (Lipinski definition) is 3. The van der Waals surface area contributed by atoms with Gasteiger partial charge < -0.3 is 14.4 Å². The molecule has 0 bridgehead atoms. The maximum absolute atomic E-state index is 12.8. The molecule has 1 amide bonds. The van der Waals surface area contributed by atoms with Crippen molar-refractivity contribution in [1.82, 2.24) is 4.90 Å². The number of furan rings is 1. The van der Waals surface area contributed by atoms with Gasteiger partial charge in [0.15, 0.2) is 10.4 Å². The van der Waals surface area contributed by atoms with Crippen molar-refractivity contribution in [2.75, 3.05) is 0 Å². The van der Waals surface area contributed by atoms with Crippen molar-refractivity contribution < 1.29 is 19.1 Å². The van der Waals surface area contributed by atoms with Crippen LogP contribution < -0.4 is 0 Å². The van der Waals surface area contributed by atoms with Gasteiger partial charge in [-0.2, -0.15) is 0 Å². The lowest BCUT2D eigenvalue weighted by Gasteiger charge is -2.32. The molecule has 0 aromatic carbocycles. The summed E-state index contributed by atoms with van der Waals surface area (Å²) >= 11 is 3.22. The Morgan fingerprint density at radius 3 is 2.71 bits per heavy atom. The topological polar surface area (TPSA) is 70.8 Å². The number of hydrogen-bond donors (Lipinski definition) is 1. The van der Waals surface area contributed by atoms with Gasteiger partial charge in [-0.3, -0.25) is 4.79 Å². The number of amides is 1. The van der Waals surface area contributed by atoms with Crippen molar-refractivity contribution >= 4 is 27.8 Å². The number of nitrogens with zero attached hydrogens (tertiary/aromatic N) is 1. The Labute approximate surface area is 131 Å². The lowest BCUT2D eigenvalue weighted by molar-refractivity contribution is -0.141. The van der Waals surface area contributed by atoms with E-state index in [1.807, 2.05) is 0 Å². The minimum absolute atomic E-state index is 0.0376. The third-order valence-corrected chi connectivity index (χ3v) is 5.08. The predicted octanol–water partition coefficient (Wildman–Crippen LogP) is 3.21. The summed E-state index contributed by atoms with van der Waals surface area (Å²) in [4.78, 5) is 25.9. The summed E-state index contributed by atoms with van der Waals surface area (Å²) in [6.07, 6.45) is 4.64. The van der Waals surface area contributed by atoms with Gasteiger partial charge in [-0.1, -0.05) is 12.8 Å². The number of halogens is 1. The van der Waals surface area contributed by atoms with E-state index in [0.717, 1.165) is 31.2 Å². The van der Waals surface area contributed by atoms with Gasteiger partial charge in [-0.05, 0) is 54.1 Å². The van der Waals surface area contributed by atoms with Crippen LogP contribution in [0.25, 0.3) is 0 Å². The first kappa shape index (κ1) is 14.6. The van der Waals surface area contributed by atoms with Crippen molar-refractivity contribution in [3.8, 4) is 0 Å². The second-order valence-corrected chi connectivity index (χ2v) is 6.76. The molecule has 1 saturated heterocycles. The summed E-state index contributed by atoms with van der Waals surface area (Å²) in [7, 11) is 0. The van der Waals surface area contributed by atoms with E-state index in [9.17, 15) is 14.7 Å². The van der Waals surface area contributed by atoms with Crippen LogP contribution in [0.3, 0.4) is 0 Å². The van der Waals surface area contributed by atoms with Gasteiger partial charge >= 0.3 is 5.97 Å². The molecule has 3 atom stereocenters. The highest BCUT2D eigenvalue weighted by molar-refractivity contribution is 9.10. The average Bonchev–Trinajstić information content (AvgIpc) is 2.98. The maximum Gasteiger partial charge on any atom is 0.326 e. The van der Waals surface area contributed by atoms with Crippen molar-refractivity contribution in [1.29, 1.82) is 0 Å². The van der Waals surface area contributed by atoms with Crippen LogP contribution in [0.4, 0.5) is 0 Å². The number of fused-ring (bicyclic) bond motifs is 1. The second kappa shape index (κ2) is 5.48. The summed E-state index contributed by atoms with van der Waals surface area (Å²) in [5.41, 5.74) is 0.732. The molecule has 0 radical (unpaired) electrons. The van der Waals surface area contributed by atoms with Gasteiger partial charge in [-0.15, -0.1) is 0 Å². The monoisotopic (exact) mass is 355 g/mol. The van der Waals surface area contributed by atoms with Gasteiger partial charge in [0.05, 0.1) is 0 Å². The molecule has 2 aliphatic rings. The molecule has 2 heterocycles. The number of aliphatic carboxylic acids is 1. The Morgan fingerprint density at radius 2 is 2.10 bits per heavy atom. The fourth-order valence-corrected chi connectivity index (χ4v) is 4.25. The van der Waals surface area contributed by atoms with Crippen molar-refractivity contribution in [3.05, 3.63) is 22.1 Å². The molecular weight excluding hydrogens is 338 g/mol. The van der Waals surface area contributed by atoms with Crippen molar-refractivity contribution in [3.63, 3.8) is 0 Å². The summed E-state index contributed by atoms with van der Waals surface area (Å²) < 4.78 is 5.92. The number of carboxylic acids is 1. The molecule has 1 aromatic heterocycles. The van der Waals surface area contributed by atoms with E-state index >= 15 is 0 Å². The standard InChI is InChI=1S/C15H18BrNO4/c1-8-6-12(16)21-13(8)14(18)17-10-5-3-2-4-9(10)7-11(17)15(19)20/h6,9-11H,2-5,7H2,1H3,(H,19,20). The Kier molecular flexibility index (Phi) is 3.82. The summed E-state index contributed by atoms with van der Waals surface area (Å²) in [6.45, 7) is 1.80. The zero-order valence-corrected chi connectivity index (χ0v) is 13.4. The average molecular weight is 356 g/mol. The molecule has 1 aliphatic heterocycles. The lowest BCUT2D eigenvalue weighted by atomic mass is 9.84. The molecule has 5 nitrogen and oxygen atoms in total. The highest BCUT2D eigenvalue weighted by Gasteiger charge is 2.48. The molecule has 2 fully saturated rings. The van der Waals surface area contributed by atoms with E-state index in [1.54, 1.807) is 17.9 Å². The van der Waals surface area contributed by atoms with Crippen LogP contribution in [0.15, 0.2) is 15.2 Å². The van der Waals surface area contributed by atoms with Gasteiger partial charge in [0.1, 0.15) is 6.04 Å². The van der Waals surface area contributed by atoms with E-state index in [-0.39, 0.29) is 17.7 Å². The molecule has 1 aromatic rings. The molecule has 1 saturated carbocycles. The van der Waals surface area contributed by atoms with E-state index in [0.29, 0.717) is 17.0 Å². The fourth-order valence-electron chi connectivity index (χ4n) is 3.75. The summed E-state index contributed by atoms with van der Waals surface area (Å²) in [5, 5.41) is 9.47. The van der Waals surface area contributed by atoms with E-state index < -0.39 is 12.0 Å². The first-order valence-corrected chi connectivity index (χ1v) is 8.09. The molecule has 1 aliphatic carbocycles. The Hall–Kier alpha value is -1.30. The normalized spacial score (nSPS) is 28.5. The number of rotatable bonds is 2. The summed E-state index contributed by atoms with van der Waals surface area (Å²) in [6, 6.07) is 1.04. The van der Waals surface area contributed by atoms with Crippen LogP contribution >= 0.6 is 15.9 Å². The van der Waals surface area contributed by atoms with E-state index in [1.165, 1.54) is 0 Å². The van der Waals surface area contributed by atoms with Gasteiger partial charge in [0.25, 0.3) is 5.91 Å². The zero-order valence-electron chi connectivity index (χ0n) is 11.8. The van der Waals surface area contributed by atoms with Gasteiger partial charge in [-0.25, -0.2) is 4.79 Å². The third-order valence-electron chi connectivity index (χ3n) is 4.69. The maximum atomic E-state index is 12.8. The van der Waals surface area contributed by atoms with Crippen LogP contribution in [-0.2, 0) is 4.79 Å². The van der Waals surface area contributed by atoms with Crippen LogP contribution in [-0.4, -0.2) is 34.0 Å². The molecule has 114 valence electrons. The van der Waals surface area contributed by atoms with E-state index in [2.05, 4.69) is 15.9 Å². The number of carbonyl (C=O) groups excluding carboxylic acids is 1. The third kappa shape index (κ3) is 2.50. The quantitative estimate of drug-likeness (QED) is 0.883. The SMILES string of the molecule is Cc1cc(Br)oc1C(=O)N1C(C(=O)O)CC2CCCCC21. The minimum Gasteiger partial charge on any atom is -0.480 e. The number of carbonyl (C=O) groups is 2. The lowest BCUT2D eigenvalue weighted by Crippen LogP contribution is -2.46. The van der Waals surface area contributed by atoms with Crippen LogP contribution in [0, 0.1) is 12.8 Å². The zero-order chi connectivity index (χ0) is 15.1. The second-order valence-electron chi connectivity index (χ2n) is 5.98. The predicted molar refractivity (Wildman–Crippen MR) is 79.1 cm³/mol. The van der Waals surface area contributed by atoms with Crippen molar-refractivity contribution in [2.24, 2.45) is 5.92 Å². The molecule has 21 heavy (non-hydrogen) atoms. The fraction of sp³-hybridized carbons (Fsp3) is 0.600. The van der Waals surface area contributed by atoms with Gasteiger partial charge in [0.2, 0.25) is 0 Å². The highest BCUT2D eigenvalue weighted by atomic mass is 79.9. The molecule has 1 N–H and O–H groups in total. The molecule has 6 heteroatoms. The van der Waals surface area contributed by atoms with Crippen LogP contribution in [0.5, 0.6) is 0 Å². The summed E-state index contributed by atoms with van der Waals surface area (Å²) in [5.74, 6) is -0.650. The van der Waals surface area contributed by atoms with Gasteiger partial charge in [0, 0.05) is 11.6 Å². The van der Waals surface area contributed by atoms with Crippen LogP contribution in [0.2, 0.25) is 0 Å². The minimum atomic E-state index is -0.916. The number of likely N-dealkylation sites (tertiary alicyclic amines) is 1. The van der Waals surface area contributed by atoms with E-state index in [4.69, 9.17) is 4.42 Å². The first-order valence-electron chi connectivity index (χ1n) is 7.30. The molecule has 3 unspecified atom stereocenters. The van der Waals surface area contributed by atoms with Crippen LogP contribution in [0.1, 0.15) is 48.2 Å². The smallest absolute Gasteiger partial charge is 0.326 e. The molecule has 0 spiro atoms.